The van der Waals surface area contributed by atoms with Gasteiger partial charge in [-0.2, -0.15) is 0 Å². The van der Waals surface area contributed by atoms with Gasteiger partial charge in [-0.1, -0.05) is 51.1 Å². The van der Waals surface area contributed by atoms with Gasteiger partial charge in [0.25, 0.3) is 0 Å². The van der Waals surface area contributed by atoms with Crippen molar-refractivity contribution in [2.45, 2.75) is 46.1 Å². The first-order valence-electron chi connectivity index (χ1n) is 7.40. The maximum absolute atomic E-state index is 3.58. The average molecular weight is 393 g/mol. The third kappa shape index (κ3) is 4.22. The van der Waals surface area contributed by atoms with Crippen LogP contribution in [0.4, 0.5) is 5.69 Å². The van der Waals surface area contributed by atoms with Gasteiger partial charge in [0.15, 0.2) is 0 Å². The van der Waals surface area contributed by atoms with Gasteiger partial charge in [0.05, 0.1) is 0 Å². The Morgan fingerprint density at radius 1 is 1.00 bits per heavy atom. The molecule has 2 rings (SSSR count). The van der Waals surface area contributed by atoms with Crippen molar-refractivity contribution in [1.82, 2.24) is 0 Å². The summed E-state index contributed by atoms with van der Waals surface area (Å²) in [5, 5.41) is 3.58. The number of benzene rings is 2. The van der Waals surface area contributed by atoms with Crippen molar-refractivity contribution in [1.29, 1.82) is 0 Å². The second-order valence-electron chi connectivity index (χ2n) is 6.70. The molecule has 0 saturated carbocycles. The molecule has 0 aliphatic carbocycles. The van der Waals surface area contributed by atoms with E-state index in [1.807, 2.05) is 0 Å². The molecule has 0 saturated heterocycles. The summed E-state index contributed by atoms with van der Waals surface area (Å²) in [6, 6.07) is 15.8. The largest absolute Gasteiger partial charge is 0.378 e. The molecule has 0 spiro atoms. The molecule has 0 bridgehead atoms. The van der Waals surface area contributed by atoms with Crippen LogP contribution in [-0.4, -0.2) is 0 Å². The fraction of sp³-hybridized carbons (Fsp3) is 0.368. The number of halogens is 1. The molecule has 2 heteroatoms. The molecular weight excluding hydrogens is 369 g/mol. The summed E-state index contributed by atoms with van der Waals surface area (Å²) in [6.07, 6.45) is 0. The van der Waals surface area contributed by atoms with E-state index >= 15 is 0 Å². The molecule has 1 nitrogen and oxygen atoms in total. The van der Waals surface area contributed by atoms with Crippen molar-refractivity contribution in [3.8, 4) is 0 Å². The predicted molar refractivity (Wildman–Crippen MR) is 101 cm³/mol. The number of anilines is 1. The van der Waals surface area contributed by atoms with Crippen LogP contribution in [0.3, 0.4) is 0 Å². The van der Waals surface area contributed by atoms with Crippen molar-refractivity contribution in [2.75, 3.05) is 5.32 Å². The van der Waals surface area contributed by atoms with E-state index in [2.05, 4.69) is 105 Å². The minimum atomic E-state index is 0.211. The number of rotatable bonds is 3. The van der Waals surface area contributed by atoms with E-state index < -0.39 is 0 Å². The molecule has 1 atom stereocenters. The van der Waals surface area contributed by atoms with Crippen LogP contribution in [0.25, 0.3) is 0 Å². The molecule has 0 aliphatic rings. The topological polar surface area (TPSA) is 12.0 Å². The second kappa shape index (κ2) is 6.39. The van der Waals surface area contributed by atoms with Crippen LogP contribution in [0.5, 0.6) is 0 Å². The standard InChI is InChI=1S/C19H24IN/c1-13-6-11-17(12-18(13)20)21-14(2)15-7-9-16(10-8-15)19(3,4)5/h6-12,14,21H,1-5H3. The lowest BCUT2D eigenvalue weighted by molar-refractivity contribution is 0.589. The van der Waals surface area contributed by atoms with E-state index in [1.54, 1.807) is 0 Å². The normalized spacial score (nSPS) is 13.0. The van der Waals surface area contributed by atoms with Gasteiger partial charge in [0, 0.05) is 15.3 Å². The number of nitrogens with one attached hydrogen (secondary N) is 1. The summed E-state index contributed by atoms with van der Waals surface area (Å²) < 4.78 is 1.30. The average Bonchev–Trinajstić information content (AvgIpc) is 2.42. The summed E-state index contributed by atoms with van der Waals surface area (Å²) >= 11 is 2.38. The predicted octanol–water partition coefficient (Wildman–Crippen LogP) is 6.07. The first-order chi connectivity index (χ1) is 9.77. The molecule has 0 fully saturated rings. The minimum Gasteiger partial charge on any atom is -0.378 e. The van der Waals surface area contributed by atoms with E-state index in [4.69, 9.17) is 0 Å². The van der Waals surface area contributed by atoms with Gasteiger partial charge < -0.3 is 5.32 Å². The lowest BCUT2D eigenvalue weighted by Crippen LogP contribution is -2.12. The highest BCUT2D eigenvalue weighted by atomic mass is 127. The molecule has 0 heterocycles. The third-order valence-electron chi connectivity index (χ3n) is 3.83. The third-order valence-corrected chi connectivity index (χ3v) is 4.99. The maximum atomic E-state index is 3.58. The molecular formula is C19H24IN. The molecule has 112 valence electrons. The molecule has 21 heavy (non-hydrogen) atoms. The van der Waals surface area contributed by atoms with Crippen molar-refractivity contribution in [2.24, 2.45) is 0 Å². The van der Waals surface area contributed by atoms with Crippen LogP contribution in [0.2, 0.25) is 0 Å². The first kappa shape index (κ1) is 16.3. The van der Waals surface area contributed by atoms with E-state index in [-0.39, 0.29) is 5.41 Å². The fourth-order valence-electron chi connectivity index (χ4n) is 2.29. The van der Waals surface area contributed by atoms with Crippen molar-refractivity contribution in [3.63, 3.8) is 0 Å². The van der Waals surface area contributed by atoms with Crippen LogP contribution in [0.15, 0.2) is 42.5 Å². The molecule has 0 aromatic heterocycles. The first-order valence-corrected chi connectivity index (χ1v) is 8.48. The molecule has 1 N–H and O–H groups in total. The molecule has 2 aromatic carbocycles. The second-order valence-corrected chi connectivity index (χ2v) is 7.86. The Morgan fingerprint density at radius 3 is 2.14 bits per heavy atom. The van der Waals surface area contributed by atoms with Gasteiger partial charge in [-0.15, -0.1) is 0 Å². The van der Waals surface area contributed by atoms with Crippen molar-refractivity contribution >= 4 is 28.3 Å². The molecule has 0 radical (unpaired) electrons. The maximum Gasteiger partial charge on any atom is 0.0485 e. The zero-order valence-corrected chi connectivity index (χ0v) is 15.7. The quantitative estimate of drug-likeness (QED) is 0.624. The van der Waals surface area contributed by atoms with Crippen LogP contribution < -0.4 is 5.32 Å². The van der Waals surface area contributed by atoms with Crippen LogP contribution >= 0.6 is 22.6 Å². The van der Waals surface area contributed by atoms with E-state index in [0.29, 0.717) is 6.04 Å². The lowest BCUT2D eigenvalue weighted by Gasteiger charge is -2.21. The van der Waals surface area contributed by atoms with Gasteiger partial charge in [-0.3, -0.25) is 0 Å². The van der Waals surface area contributed by atoms with Gasteiger partial charge in [0.2, 0.25) is 0 Å². The Morgan fingerprint density at radius 2 is 1.62 bits per heavy atom. The Labute approximate surface area is 142 Å². The Hall–Kier alpha value is -1.03. The van der Waals surface area contributed by atoms with Gasteiger partial charge in [-0.05, 0) is 70.7 Å². The Balaban J connectivity index is 2.13. The van der Waals surface area contributed by atoms with Crippen LogP contribution in [0, 0.1) is 10.5 Å². The number of aryl methyl sites for hydroxylation is 1. The zero-order valence-electron chi connectivity index (χ0n) is 13.5. The van der Waals surface area contributed by atoms with Gasteiger partial charge in [-0.25, -0.2) is 0 Å². The van der Waals surface area contributed by atoms with Crippen LogP contribution in [0.1, 0.15) is 50.4 Å². The smallest absolute Gasteiger partial charge is 0.0485 e. The van der Waals surface area contributed by atoms with E-state index in [0.717, 1.165) is 0 Å². The van der Waals surface area contributed by atoms with Gasteiger partial charge in [0.1, 0.15) is 0 Å². The highest BCUT2D eigenvalue weighted by Gasteiger charge is 2.14. The van der Waals surface area contributed by atoms with Crippen molar-refractivity contribution in [3.05, 3.63) is 62.7 Å². The fourth-order valence-corrected chi connectivity index (χ4v) is 2.80. The zero-order chi connectivity index (χ0) is 15.6. The van der Waals surface area contributed by atoms with Crippen molar-refractivity contribution < 1.29 is 0 Å². The van der Waals surface area contributed by atoms with E-state index in [1.165, 1.54) is 25.9 Å². The monoisotopic (exact) mass is 393 g/mol. The molecule has 0 aliphatic heterocycles. The SMILES string of the molecule is Cc1ccc(NC(C)c2ccc(C(C)(C)C)cc2)cc1I. The Bertz CT molecular complexity index is 608. The summed E-state index contributed by atoms with van der Waals surface area (Å²) in [7, 11) is 0. The minimum absolute atomic E-state index is 0.211. The van der Waals surface area contributed by atoms with Crippen LogP contribution in [-0.2, 0) is 5.41 Å². The summed E-state index contributed by atoms with van der Waals surface area (Å²) in [5.41, 5.74) is 5.41. The number of hydrogen-bond acceptors (Lipinski definition) is 1. The highest BCUT2D eigenvalue weighted by molar-refractivity contribution is 14.1. The number of hydrogen-bond donors (Lipinski definition) is 1. The molecule has 1 unspecified atom stereocenters. The summed E-state index contributed by atoms with van der Waals surface area (Å²) in [4.78, 5) is 0. The molecule has 2 aromatic rings. The van der Waals surface area contributed by atoms with E-state index in [9.17, 15) is 0 Å². The summed E-state index contributed by atoms with van der Waals surface area (Å²) in [6.45, 7) is 11.1. The lowest BCUT2D eigenvalue weighted by atomic mass is 9.86. The molecule has 0 amide bonds. The highest BCUT2D eigenvalue weighted by Crippen LogP contribution is 2.26. The Kier molecular flexibility index (Phi) is 4.97. The summed E-state index contributed by atoms with van der Waals surface area (Å²) in [5.74, 6) is 0. The van der Waals surface area contributed by atoms with Gasteiger partial charge >= 0.3 is 0 Å².